The molecule has 2 aromatic rings. The number of rotatable bonds is 4. The Morgan fingerprint density at radius 3 is 2.58 bits per heavy atom. The van der Waals surface area contributed by atoms with E-state index in [2.05, 4.69) is 9.88 Å². The highest BCUT2D eigenvalue weighted by atomic mass is 35.5. The first-order valence-corrected chi connectivity index (χ1v) is 6.92. The van der Waals surface area contributed by atoms with Crippen LogP contribution in [0, 0.1) is 0 Å². The molecule has 1 heterocycles. The number of benzene rings is 1. The van der Waals surface area contributed by atoms with Crippen LogP contribution in [0.3, 0.4) is 0 Å². The molecule has 0 radical (unpaired) electrons. The zero-order chi connectivity index (χ0) is 13.8. The highest BCUT2D eigenvalue weighted by Gasteiger charge is 2.08. The molecule has 0 unspecified atom stereocenters. The van der Waals surface area contributed by atoms with Crippen molar-refractivity contribution in [3.05, 3.63) is 62.9 Å². The predicted molar refractivity (Wildman–Crippen MR) is 80.9 cm³/mol. The van der Waals surface area contributed by atoms with Gasteiger partial charge in [-0.15, -0.1) is 0 Å². The predicted octanol–water partition coefficient (Wildman–Crippen LogP) is 4.67. The van der Waals surface area contributed by atoms with E-state index >= 15 is 0 Å². The number of pyridine rings is 1. The van der Waals surface area contributed by atoms with Crippen LogP contribution in [0.2, 0.25) is 15.2 Å². The minimum Gasteiger partial charge on any atom is -0.296 e. The largest absolute Gasteiger partial charge is 0.296 e. The summed E-state index contributed by atoms with van der Waals surface area (Å²) in [6.07, 6.45) is 0. The smallest absolute Gasteiger partial charge is 0.129 e. The highest BCUT2D eigenvalue weighted by Crippen LogP contribution is 2.19. The van der Waals surface area contributed by atoms with Gasteiger partial charge in [0.05, 0.1) is 10.7 Å². The molecule has 0 saturated heterocycles. The number of halogens is 3. The average Bonchev–Trinajstić information content (AvgIpc) is 2.34. The van der Waals surface area contributed by atoms with Gasteiger partial charge in [0.25, 0.3) is 0 Å². The lowest BCUT2D eigenvalue weighted by atomic mass is 10.2. The zero-order valence-corrected chi connectivity index (χ0v) is 12.7. The van der Waals surface area contributed by atoms with E-state index in [1.54, 1.807) is 12.1 Å². The van der Waals surface area contributed by atoms with Crippen LogP contribution >= 0.6 is 34.8 Å². The van der Waals surface area contributed by atoms with Crippen molar-refractivity contribution in [3.8, 4) is 0 Å². The van der Waals surface area contributed by atoms with Crippen molar-refractivity contribution in [1.29, 1.82) is 0 Å². The van der Waals surface area contributed by atoms with Gasteiger partial charge in [0.1, 0.15) is 5.15 Å². The second-order valence-corrected chi connectivity index (χ2v) is 5.60. The first-order valence-electron chi connectivity index (χ1n) is 5.78. The van der Waals surface area contributed by atoms with E-state index in [0.29, 0.717) is 16.7 Å². The molecule has 0 aliphatic heterocycles. The zero-order valence-electron chi connectivity index (χ0n) is 10.4. The molecule has 0 spiro atoms. The van der Waals surface area contributed by atoms with Gasteiger partial charge in [0.15, 0.2) is 0 Å². The van der Waals surface area contributed by atoms with Gasteiger partial charge in [-0.1, -0.05) is 46.9 Å². The second kappa shape index (κ2) is 6.58. The van der Waals surface area contributed by atoms with Crippen molar-refractivity contribution >= 4 is 34.8 Å². The summed E-state index contributed by atoms with van der Waals surface area (Å²) in [7, 11) is 2.00. The Kier molecular flexibility index (Phi) is 5.06. The summed E-state index contributed by atoms with van der Waals surface area (Å²) in [5.41, 5.74) is 1.92. The van der Waals surface area contributed by atoms with Crippen LogP contribution in [0.25, 0.3) is 0 Å². The van der Waals surface area contributed by atoms with E-state index in [1.165, 1.54) is 0 Å². The van der Waals surface area contributed by atoms with Crippen LogP contribution in [0.4, 0.5) is 0 Å². The van der Waals surface area contributed by atoms with E-state index in [0.717, 1.165) is 22.8 Å². The Morgan fingerprint density at radius 2 is 1.84 bits per heavy atom. The molecule has 1 aromatic carbocycles. The maximum Gasteiger partial charge on any atom is 0.129 e. The van der Waals surface area contributed by atoms with E-state index in [1.807, 2.05) is 31.3 Å². The molecule has 0 bridgehead atoms. The molecule has 0 fully saturated rings. The first-order chi connectivity index (χ1) is 9.04. The van der Waals surface area contributed by atoms with Crippen molar-refractivity contribution in [3.63, 3.8) is 0 Å². The maximum absolute atomic E-state index is 6.10. The minimum atomic E-state index is 0.454. The summed E-state index contributed by atoms with van der Waals surface area (Å²) in [4.78, 5) is 6.34. The van der Waals surface area contributed by atoms with Crippen molar-refractivity contribution in [2.24, 2.45) is 0 Å². The summed E-state index contributed by atoms with van der Waals surface area (Å²) in [6, 6.07) is 11.2. The van der Waals surface area contributed by atoms with Crippen molar-refractivity contribution in [1.82, 2.24) is 9.88 Å². The van der Waals surface area contributed by atoms with Crippen molar-refractivity contribution in [2.45, 2.75) is 13.1 Å². The van der Waals surface area contributed by atoms with Gasteiger partial charge in [-0.05, 0) is 36.9 Å². The molecule has 19 heavy (non-hydrogen) atoms. The summed E-state index contributed by atoms with van der Waals surface area (Å²) >= 11 is 17.9. The normalized spacial score (nSPS) is 11.0. The third-order valence-electron chi connectivity index (χ3n) is 2.65. The van der Waals surface area contributed by atoms with Gasteiger partial charge >= 0.3 is 0 Å². The van der Waals surface area contributed by atoms with Crippen molar-refractivity contribution < 1.29 is 0 Å². The third-order valence-corrected chi connectivity index (χ3v) is 3.44. The lowest BCUT2D eigenvalue weighted by molar-refractivity contribution is 0.315. The van der Waals surface area contributed by atoms with Gasteiger partial charge in [-0.3, -0.25) is 4.90 Å². The second-order valence-electron chi connectivity index (χ2n) is 4.36. The quantitative estimate of drug-likeness (QED) is 0.762. The number of hydrogen-bond donors (Lipinski definition) is 0. The Balaban J connectivity index is 2.05. The lowest BCUT2D eigenvalue weighted by Gasteiger charge is -2.17. The Labute approximate surface area is 127 Å². The summed E-state index contributed by atoms with van der Waals surface area (Å²) in [5, 5.41) is 1.82. The fourth-order valence-corrected chi connectivity index (χ4v) is 2.37. The standard InChI is InChI=1S/C14H13Cl3N2/c1-19(8-10-3-2-4-11(15)7-10)9-13-12(16)5-6-14(17)18-13/h2-7H,8-9H2,1H3. The molecular weight excluding hydrogens is 303 g/mol. The summed E-state index contributed by atoms with van der Waals surface area (Å²) in [5.74, 6) is 0. The van der Waals surface area contributed by atoms with Crippen LogP contribution in [0.1, 0.15) is 11.3 Å². The number of hydrogen-bond acceptors (Lipinski definition) is 2. The van der Waals surface area contributed by atoms with Gasteiger partial charge in [0, 0.05) is 18.1 Å². The van der Waals surface area contributed by atoms with Gasteiger partial charge < -0.3 is 0 Å². The minimum absolute atomic E-state index is 0.454. The van der Waals surface area contributed by atoms with E-state index < -0.39 is 0 Å². The molecule has 1 aromatic heterocycles. The fourth-order valence-electron chi connectivity index (χ4n) is 1.83. The monoisotopic (exact) mass is 314 g/mol. The molecule has 0 amide bonds. The van der Waals surface area contributed by atoms with E-state index in [9.17, 15) is 0 Å². The molecule has 5 heteroatoms. The summed E-state index contributed by atoms with van der Waals surface area (Å²) < 4.78 is 0. The molecule has 0 N–H and O–H groups in total. The average molecular weight is 316 g/mol. The van der Waals surface area contributed by atoms with Crippen LogP contribution in [-0.4, -0.2) is 16.9 Å². The molecule has 2 rings (SSSR count). The molecule has 0 aliphatic rings. The molecular formula is C14H13Cl3N2. The van der Waals surface area contributed by atoms with Crippen LogP contribution in [-0.2, 0) is 13.1 Å². The van der Waals surface area contributed by atoms with Gasteiger partial charge in [-0.2, -0.15) is 0 Å². The van der Waals surface area contributed by atoms with E-state index in [-0.39, 0.29) is 0 Å². The third kappa shape index (κ3) is 4.36. The van der Waals surface area contributed by atoms with Gasteiger partial charge in [0.2, 0.25) is 0 Å². The summed E-state index contributed by atoms with van der Waals surface area (Å²) in [6.45, 7) is 1.40. The van der Waals surface area contributed by atoms with E-state index in [4.69, 9.17) is 34.8 Å². The molecule has 0 aliphatic carbocycles. The maximum atomic E-state index is 6.10. The van der Waals surface area contributed by atoms with Crippen LogP contribution in [0.5, 0.6) is 0 Å². The highest BCUT2D eigenvalue weighted by molar-refractivity contribution is 6.32. The molecule has 100 valence electrons. The topological polar surface area (TPSA) is 16.1 Å². The van der Waals surface area contributed by atoms with Gasteiger partial charge in [-0.25, -0.2) is 4.98 Å². The fraction of sp³-hybridized carbons (Fsp3) is 0.214. The molecule has 0 saturated carbocycles. The Bertz CT molecular complexity index is 572. The first kappa shape index (κ1) is 14.6. The van der Waals surface area contributed by atoms with Crippen LogP contribution in [0.15, 0.2) is 36.4 Å². The van der Waals surface area contributed by atoms with Crippen molar-refractivity contribution in [2.75, 3.05) is 7.05 Å². The lowest BCUT2D eigenvalue weighted by Crippen LogP contribution is -2.18. The number of nitrogens with zero attached hydrogens (tertiary/aromatic N) is 2. The Hall–Kier alpha value is -0.800. The molecule has 2 nitrogen and oxygen atoms in total. The molecule has 0 atom stereocenters. The Morgan fingerprint density at radius 1 is 1.05 bits per heavy atom. The number of aromatic nitrogens is 1. The SMILES string of the molecule is CN(Cc1cccc(Cl)c1)Cc1nc(Cl)ccc1Cl. The van der Waals surface area contributed by atoms with Crippen LogP contribution < -0.4 is 0 Å².